The summed E-state index contributed by atoms with van der Waals surface area (Å²) in [5.74, 6) is -1.67. The molecule has 3 nitrogen and oxygen atoms in total. The Kier molecular flexibility index (Phi) is 5.03. The van der Waals surface area contributed by atoms with Crippen LogP contribution < -0.4 is 11.1 Å². The lowest BCUT2D eigenvalue weighted by Crippen LogP contribution is -2.30. The van der Waals surface area contributed by atoms with Gasteiger partial charge in [0.25, 0.3) is 0 Å². The summed E-state index contributed by atoms with van der Waals surface area (Å²) in [5.41, 5.74) is 5.60. The Bertz CT molecular complexity index is 396. The van der Waals surface area contributed by atoms with Gasteiger partial charge in [-0.25, -0.2) is 8.78 Å². The Hall–Kier alpha value is -1.49. The molecule has 1 unspecified atom stereocenters. The molecule has 5 heteroatoms. The number of halogens is 2. The average Bonchev–Trinajstić information content (AvgIpc) is 2.27. The summed E-state index contributed by atoms with van der Waals surface area (Å²) < 4.78 is 25.9. The normalized spacial score (nSPS) is 12.2. The van der Waals surface area contributed by atoms with Gasteiger partial charge in [0.2, 0.25) is 5.91 Å². The van der Waals surface area contributed by atoms with Crippen molar-refractivity contribution in [1.82, 2.24) is 5.32 Å². The smallest absolute Gasteiger partial charge is 0.223 e. The van der Waals surface area contributed by atoms with Crippen molar-refractivity contribution in [2.24, 2.45) is 11.7 Å². The zero-order valence-electron chi connectivity index (χ0n) is 9.67. The summed E-state index contributed by atoms with van der Waals surface area (Å²) >= 11 is 0. The van der Waals surface area contributed by atoms with Gasteiger partial charge >= 0.3 is 0 Å². The second-order valence-corrected chi connectivity index (χ2v) is 3.93. The maximum atomic E-state index is 13.2. The molecule has 0 fully saturated rings. The first-order chi connectivity index (χ1) is 8.04. The van der Waals surface area contributed by atoms with Crippen LogP contribution >= 0.6 is 0 Å². The van der Waals surface area contributed by atoms with Gasteiger partial charge in [-0.2, -0.15) is 0 Å². The van der Waals surface area contributed by atoms with E-state index >= 15 is 0 Å². The van der Waals surface area contributed by atoms with E-state index in [1.54, 1.807) is 6.92 Å². The minimum absolute atomic E-state index is 0.0554. The first-order valence-corrected chi connectivity index (χ1v) is 5.46. The van der Waals surface area contributed by atoms with Crippen LogP contribution in [0.4, 0.5) is 8.78 Å². The summed E-state index contributed by atoms with van der Waals surface area (Å²) in [6.07, 6.45) is 0.581. The van der Waals surface area contributed by atoms with E-state index in [-0.39, 0.29) is 23.9 Å². The number of hydrogen-bond acceptors (Lipinski definition) is 2. The maximum Gasteiger partial charge on any atom is 0.223 e. The van der Waals surface area contributed by atoms with Gasteiger partial charge in [0.1, 0.15) is 11.6 Å². The molecule has 0 saturated carbocycles. The molecule has 0 aliphatic heterocycles. The lowest BCUT2D eigenvalue weighted by Gasteiger charge is -2.11. The van der Waals surface area contributed by atoms with Crippen molar-refractivity contribution >= 4 is 5.91 Å². The monoisotopic (exact) mass is 242 g/mol. The topological polar surface area (TPSA) is 55.1 Å². The molecule has 0 aliphatic rings. The third kappa shape index (κ3) is 4.11. The molecule has 0 spiro atoms. The molecule has 0 bridgehead atoms. The van der Waals surface area contributed by atoms with E-state index < -0.39 is 11.6 Å². The molecule has 0 saturated heterocycles. The molecule has 0 aromatic heterocycles. The zero-order valence-corrected chi connectivity index (χ0v) is 9.67. The van der Waals surface area contributed by atoms with Crippen LogP contribution in [0.1, 0.15) is 18.9 Å². The number of carbonyl (C=O) groups is 1. The first-order valence-electron chi connectivity index (χ1n) is 5.46. The molecule has 1 amide bonds. The van der Waals surface area contributed by atoms with Crippen molar-refractivity contribution in [2.45, 2.75) is 19.9 Å². The molecule has 0 heterocycles. The van der Waals surface area contributed by atoms with Crippen LogP contribution in [0.3, 0.4) is 0 Å². The van der Waals surface area contributed by atoms with Gasteiger partial charge in [0.15, 0.2) is 0 Å². The zero-order chi connectivity index (χ0) is 12.8. The number of nitrogens with one attached hydrogen (secondary N) is 1. The molecule has 1 aromatic rings. The van der Waals surface area contributed by atoms with E-state index in [9.17, 15) is 13.6 Å². The second kappa shape index (κ2) is 6.30. The summed E-state index contributed by atoms with van der Waals surface area (Å²) in [4.78, 5) is 11.5. The van der Waals surface area contributed by atoms with Gasteiger partial charge in [-0.05, 0) is 19.0 Å². The van der Waals surface area contributed by atoms with Crippen molar-refractivity contribution in [3.8, 4) is 0 Å². The van der Waals surface area contributed by atoms with Crippen molar-refractivity contribution in [2.75, 3.05) is 6.54 Å². The van der Waals surface area contributed by atoms with Crippen LogP contribution in [-0.2, 0) is 11.3 Å². The summed E-state index contributed by atoms with van der Waals surface area (Å²) in [7, 11) is 0. The highest BCUT2D eigenvalue weighted by molar-refractivity contribution is 5.78. The van der Waals surface area contributed by atoms with Crippen molar-refractivity contribution in [3.63, 3.8) is 0 Å². The minimum Gasteiger partial charge on any atom is -0.352 e. The van der Waals surface area contributed by atoms with Crippen molar-refractivity contribution in [1.29, 1.82) is 0 Å². The lowest BCUT2D eigenvalue weighted by molar-refractivity contribution is -0.124. The Morgan fingerprint density at radius 2 is 2.18 bits per heavy atom. The van der Waals surface area contributed by atoms with Crippen LogP contribution in [0.5, 0.6) is 0 Å². The predicted octanol–water partition coefficient (Wildman–Crippen LogP) is 1.57. The molecule has 3 N–H and O–H groups in total. The fraction of sp³-hybridized carbons (Fsp3) is 0.417. The van der Waals surface area contributed by atoms with Crippen LogP contribution in [0.15, 0.2) is 18.2 Å². The Morgan fingerprint density at radius 3 is 2.76 bits per heavy atom. The molecule has 94 valence electrons. The molecule has 1 rings (SSSR count). The van der Waals surface area contributed by atoms with Gasteiger partial charge in [0.05, 0.1) is 0 Å². The highest BCUT2D eigenvalue weighted by atomic mass is 19.1. The van der Waals surface area contributed by atoms with E-state index in [4.69, 9.17) is 5.73 Å². The van der Waals surface area contributed by atoms with Crippen LogP contribution in [0.2, 0.25) is 0 Å². The van der Waals surface area contributed by atoms with Crippen molar-refractivity contribution in [3.05, 3.63) is 35.4 Å². The molecule has 17 heavy (non-hydrogen) atoms. The molecule has 1 atom stereocenters. The lowest BCUT2D eigenvalue weighted by atomic mass is 10.1. The number of rotatable bonds is 5. The predicted molar refractivity (Wildman–Crippen MR) is 61.0 cm³/mol. The third-order valence-electron chi connectivity index (χ3n) is 2.52. The van der Waals surface area contributed by atoms with Gasteiger partial charge < -0.3 is 11.1 Å². The second-order valence-electron chi connectivity index (χ2n) is 3.93. The molecule has 1 aromatic carbocycles. The molecule has 0 radical (unpaired) electrons. The molecular weight excluding hydrogens is 226 g/mol. The van der Waals surface area contributed by atoms with Gasteiger partial charge in [0, 0.05) is 24.1 Å². The fourth-order valence-electron chi connectivity index (χ4n) is 1.40. The quantitative estimate of drug-likeness (QED) is 0.823. The van der Waals surface area contributed by atoms with Gasteiger partial charge in [-0.15, -0.1) is 0 Å². The average molecular weight is 242 g/mol. The fourth-order valence-corrected chi connectivity index (χ4v) is 1.40. The molecule has 0 aliphatic carbocycles. The van der Waals surface area contributed by atoms with E-state index in [2.05, 4.69) is 5.32 Å². The summed E-state index contributed by atoms with van der Waals surface area (Å²) in [6.45, 7) is 2.24. The summed E-state index contributed by atoms with van der Waals surface area (Å²) in [5, 5.41) is 2.59. The van der Waals surface area contributed by atoms with E-state index in [1.807, 2.05) is 0 Å². The first kappa shape index (κ1) is 13.6. The van der Waals surface area contributed by atoms with Crippen LogP contribution in [0, 0.1) is 17.6 Å². The van der Waals surface area contributed by atoms with Crippen LogP contribution in [-0.4, -0.2) is 12.5 Å². The van der Waals surface area contributed by atoms with Crippen molar-refractivity contribution < 1.29 is 13.6 Å². The minimum atomic E-state index is -0.656. The highest BCUT2D eigenvalue weighted by Crippen LogP contribution is 2.09. The number of nitrogens with two attached hydrogens (primary N) is 1. The van der Waals surface area contributed by atoms with Gasteiger partial charge in [-0.3, -0.25) is 4.79 Å². The SMILES string of the molecule is CC(CCN)C(=O)NCc1ccc(F)cc1F. The maximum absolute atomic E-state index is 13.2. The van der Waals surface area contributed by atoms with Gasteiger partial charge in [-0.1, -0.05) is 13.0 Å². The Balaban J connectivity index is 2.53. The largest absolute Gasteiger partial charge is 0.352 e. The van der Waals surface area contributed by atoms with E-state index in [0.717, 1.165) is 12.1 Å². The number of amides is 1. The standard InChI is InChI=1S/C12H16F2N2O/c1-8(4-5-15)12(17)16-7-9-2-3-10(13)6-11(9)14/h2-3,6,8H,4-5,7,15H2,1H3,(H,16,17). The summed E-state index contributed by atoms with van der Waals surface area (Å²) in [6, 6.07) is 3.28. The molecular formula is C12H16F2N2O. The Labute approximate surface area is 99.0 Å². The number of hydrogen-bond donors (Lipinski definition) is 2. The van der Waals surface area contributed by atoms with E-state index in [0.29, 0.717) is 13.0 Å². The van der Waals surface area contributed by atoms with Crippen LogP contribution in [0.25, 0.3) is 0 Å². The highest BCUT2D eigenvalue weighted by Gasteiger charge is 2.12. The third-order valence-corrected chi connectivity index (χ3v) is 2.52. The Morgan fingerprint density at radius 1 is 1.47 bits per heavy atom. The number of benzene rings is 1. The van der Waals surface area contributed by atoms with E-state index in [1.165, 1.54) is 6.07 Å². The number of carbonyl (C=O) groups excluding carboxylic acids is 1.